The fourth-order valence-corrected chi connectivity index (χ4v) is 3.09. The summed E-state index contributed by atoms with van der Waals surface area (Å²) in [6.07, 6.45) is 0. The molecule has 0 spiro atoms. The number of nitrogen functional groups attached to an aromatic ring is 1. The Morgan fingerprint density at radius 1 is 1.07 bits per heavy atom. The summed E-state index contributed by atoms with van der Waals surface area (Å²) < 4.78 is 6.10. The van der Waals surface area contributed by atoms with Gasteiger partial charge in [-0.05, 0) is 45.0 Å². The van der Waals surface area contributed by atoms with E-state index in [-0.39, 0.29) is 5.95 Å². The van der Waals surface area contributed by atoms with Crippen molar-refractivity contribution in [2.75, 3.05) is 11.2 Å². The molecule has 3 N–H and O–H groups in total. The smallest absolute Gasteiger partial charge is 0.260 e. The zero-order valence-corrected chi connectivity index (χ0v) is 15.1. The molecular weight excluding hydrogens is 364 g/mol. The Hall–Kier alpha value is -3.32. The van der Waals surface area contributed by atoms with Gasteiger partial charge in [0.2, 0.25) is 0 Å². The predicted octanol–water partition coefficient (Wildman–Crippen LogP) is 3.38. The maximum absolute atomic E-state index is 6.10. The lowest BCUT2D eigenvalue weighted by Crippen LogP contribution is -2.19. The van der Waals surface area contributed by atoms with Crippen LogP contribution in [0.3, 0.4) is 0 Å². The van der Waals surface area contributed by atoms with Gasteiger partial charge in [0.25, 0.3) is 5.95 Å². The number of nitrogens with zero attached hydrogens (tertiary/aromatic N) is 4. The Labute approximate surface area is 160 Å². The van der Waals surface area contributed by atoms with Crippen molar-refractivity contribution in [2.24, 2.45) is 0 Å². The van der Waals surface area contributed by atoms with Gasteiger partial charge >= 0.3 is 0 Å². The van der Waals surface area contributed by atoms with Crippen molar-refractivity contribution in [2.45, 2.75) is 13.2 Å². The van der Waals surface area contributed by atoms with Crippen molar-refractivity contribution in [1.29, 1.82) is 0 Å². The minimum atomic E-state index is 0.191. The number of fused-ring (bicyclic) bond motifs is 1. The molecule has 3 aromatic carbocycles. The molecule has 1 heterocycles. The minimum Gasteiger partial charge on any atom is -0.489 e. The topological polar surface area (TPSA) is 90.9 Å². The lowest BCUT2D eigenvalue weighted by molar-refractivity contribution is 0.303. The van der Waals surface area contributed by atoms with Crippen LogP contribution in [-0.2, 0) is 13.2 Å². The second kappa shape index (κ2) is 7.51. The number of anilines is 1. The van der Waals surface area contributed by atoms with E-state index in [0.717, 1.165) is 27.6 Å². The highest BCUT2D eigenvalue weighted by molar-refractivity contribution is 6.30. The summed E-state index contributed by atoms with van der Waals surface area (Å²) in [6.45, 7) is 0.862. The van der Waals surface area contributed by atoms with Crippen LogP contribution >= 0.6 is 11.6 Å². The third-order valence-corrected chi connectivity index (χ3v) is 4.42. The van der Waals surface area contributed by atoms with Crippen LogP contribution in [-0.4, -0.2) is 20.3 Å². The summed E-state index contributed by atoms with van der Waals surface area (Å²) in [5.74, 6) is 0.962. The monoisotopic (exact) mass is 380 g/mol. The van der Waals surface area contributed by atoms with Crippen molar-refractivity contribution in [3.05, 3.63) is 76.8 Å². The lowest BCUT2D eigenvalue weighted by Gasteiger charge is -2.15. The normalized spacial score (nSPS) is 10.9. The number of ether oxygens (including phenoxy) is 1. The molecule has 0 aliphatic carbocycles. The Morgan fingerprint density at radius 3 is 2.78 bits per heavy atom. The number of hydrogen-bond acceptors (Lipinski definition) is 6. The number of aromatic nitrogens is 4. The van der Waals surface area contributed by atoms with Gasteiger partial charge in [0, 0.05) is 10.6 Å². The van der Waals surface area contributed by atoms with Crippen molar-refractivity contribution >= 4 is 28.3 Å². The van der Waals surface area contributed by atoms with Crippen LogP contribution in [0.25, 0.3) is 10.8 Å². The molecule has 4 rings (SSSR count). The van der Waals surface area contributed by atoms with E-state index < -0.39 is 0 Å². The van der Waals surface area contributed by atoms with Crippen LogP contribution in [0.1, 0.15) is 11.1 Å². The molecule has 0 bridgehead atoms. The molecule has 0 saturated carbocycles. The Balaban J connectivity index is 1.63. The van der Waals surface area contributed by atoms with Crippen LogP contribution in [0.5, 0.6) is 5.75 Å². The first-order valence-electron chi connectivity index (χ1n) is 8.36. The fourth-order valence-electron chi connectivity index (χ4n) is 2.88. The minimum absolute atomic E-state index is 0.191. The van der Waals surface area contributed by atoms with Gasteiger partial charge in [0.05, 0.1) is 6.54 Å². The highest BCUT2D eigenvalue weighted by Crippen LogP contribution is 2.29. The summed E-state index contributed by atoms with van der Waals surface area (Å²) in [6, 6.07) is 19.7. The van der Waals surface area contributed by atoms with Crippen LogP contribution < -0.4 is 15.9 Å². The molecular formula is C19H17ClN6O. The molecule has 0 saturated heterocycles. The molecule has 7 nitrogen and oxygen atoms in total. The molecule has 0 aliphatic heterocycles. The third-order valence-electron chi connectivity index (χ3n) is 4.18. The number of hydrogen-bond donors (Lipinski definition) is 2. The first-order chi connectivity index (χ1) is 13.2. The van der Waals surface area contributed by atoms with Gasteiger partial charge in [-0.25, -0.2) is 0 Å². The summed E-state index contributed by atoms with van der Waals surface area (Å²) in [7, 11) is 0. The highest BCUT2D eigenvalue weighted by Gasteiger charge is 2.11. The Morgan fingerprint density at radius 2 is 1.96 bits per heavy atom. The van der Waals surface area contributed by atoms with Gasteiger partial charge < -0.3 is 15.9 Å². The lowest BCUT2D eigenvalue weighted by atomic mass is 10.0. The van der Waals surface area contributed by atoms with E-state index in [1.165, 1.54) is 4.79 Å². The van der Waals surface area contributed by atoms with Crippen LogP contribution in [0.4, 0.5) is 5.95 Å². The van der Waals surface area contributed by atoms with Crippen LogP contribution in [0.2, 0.25) is 5.02 Å². The third kappa shape index (κ3) is 3.78. The largest absolute Gasteiger partial charge is 0.489 e. The molecule has 0 radical (unpaired) electrons. The first kappa shape index (κ1) is 17.1. The van der Waals surface area contributed by atoms with Crippen molar-refractivity contribution in [3.63, 3.8) is 0 Å². The molecule has 4 aromatic rings. The van der Waals surface area contributed by atoms with E-state index in [0.29, 0.717) is 18.2 Å². The number of rotatable bonds is 6. The summed E-state index contributed by atoms with van der Waals surface area (Å²) in [5, 5.41) is 13.9. The van der Waals surface area contributed by atoms with Crippen molar-refractivity contribution in [3.8, 4) is 5.75 Å². The van der Waals surface area contributed by atoms with Gasteiger partial charge in [-0.2, -0.15) is 0 Å². The summed E-state index contributed by atoms with van der Waals surface area (Å²) in [4.78, 5) is 1.34. The predicted molar refractivity (Wildman–Crippen MR) is 105 cm³/mol. The van der Waals surface area contributed by atoms with E-state index >= 15 is 0 Å². The number of tetrazole rings is 1. The van der Waals surface area contributed by atoms with E-state index in [9.17, 15) is 0 Å². The molecule has 8 heteroatoms. The van der Waals surface area contributed by atoms with Gasteiger partial charge in [-0.15, -0.1) is 4.79 Å². The van der Waals surface area contributed by atoms with Gasteiger partial charge in [-0.1, -0.05) is 59.2 Å². The molecule has 27 heavy (non-hydrogen) atoms. The molecule has 0 amide bonds. The number of halogens is 1. The molecule has 0 unspecified atom stereocenters. The number of nitrogens with one attached hydrogen (secondary N) is 1. The Kier molecular flexibility index (Phi) is 4.76. The zero-order chi connectivity index (χ0) is 18.6. The molecule has 136 valence electrons. The van der Waals surface area contributed by atoms with Crippen LogP contribution in [0.15, 0.2) is 60.7 Å². The summed E-state index contributed by atoms with van der Waals surface area (Å²) >= 11 is 6.06. The van der Waals surface area contributed by atoms with Crippen molar-refractivity contribution in [1.82, 2.24) is 20.3 Å². The second-order valence-electron chi connectivity index (χ2n) is 5.97. The van der Waals surface area contributed by atoms with E-state index in [2.05, 4.69) is 33.1 Å². The average Bonchev–Trinajstić information content (AvgIpc) is 3.09. The van der Waals surface area contributed by atoms with E-state index in [4.69, 9.17) is 22.1 Å². The SMILES string of the molecule is Nc1nnnn1NCc1c(OCc2cccc(Cl)c2)ccc2ccccc12. The van der Waals surface area contributed by atoms with Gasteiger partial charge in [-0.3, -0.25) is 0 Å². The van der Waals surface area contributed by atoms with E-state index in [1.807, 2.05) is 48.5 Å². The maximum atomic E-state index is 6.10. The fraction of sp³-hybridized carbons (Fsp3) is 0.105. The molecule has 0 fully saturated rings. The van der Waals surface area contributed by atoms with Gasteiger partial charge in [0.1, 0.15) is 12.4 Å². The first-order valence-corrected chi connectivity index (χ1v) is 8.74. The van der Waals surface area contributed by atoms with Crippen LogP contribution in [0, 0.1) is 0 Å². The number of nitrogens with two attached hydrogens (primary N) is 1. The standard InChI is InChI=1S/C19H17ClN6O/c20-15-6-3-4-13(10-15)12-27-18-9-8-14-5-1-2-7-16(14)17(18)11-22-26-19(21)23-24-25-26/h1-10,22H,11-12H2,(H2,21,23,25). The zero-order valence-electron chi connectivity index (χ0n) is 14.3. The number of benzene rings is 3. The quantitative estimate of drug-likeness (QED) is 0.533. The Bertz CT molecular complexity index is 1080. The van der Waals surface area contributed by atoms with E-state index in [1.54, 1.807) is 0 Å². The second-order valence-corrected chi connectivity index (χ2v) is 6.40. The summed E-state index contributed by atoms with van der Waals surface area (Å²) in [5.41, 5.74) is 10.8. The highest BCUT2D eigenvalue weighted by atomic mass is 35.5. The maximum Gasteiger partial charge on any atom is 0.260 e. The van der Waals surface area contributed by atoms with Crippen molar-refractivity contribution < 1.29 is 4.74 Å². The molecule has 1 aromatic heterocycles. The van der Waals surface area contributed by atoms with Gasteiger partial charge in [0.15, 0.2) is 0 Å². The average molecular weight is 381 g/mol. The molecule has 0 atom stereocenters. The molecule has 0 aliphatic rings.